The molecule has 0 aromatic rings. The van der Waals surface area contributed by atoms with Gasteiger partial charge in [0.15, 0.2) is 0 Å². The quantitative estimate of drug-likeness (QED) is 0.583. The first-order chi connectivity index (χ1) is 15.7. The van der Waals surface area contributed by atoms with Crippen LogP contribution in [0.15, 0.2) is 0 Å². The van der Waals surface area contributed by atoms with Crippen molar-refractivity contribution >= 4 is 11.8 Å². The third-order valence-corrected chi connectivity index (χ3v) is 10.2. The van der Waals surface area contributed by atoms with E-state index in [0.717, 1.165) is 50.4 Å². The predicted molar refractivity (Wildman–Crippen MR) is 128 cm³/mol. The van der Waals surface area contributed by atoms with Crippen molar-refractivity contribution in [3.8, 4) is 0 Å². The Morgan fingerprint density at radius 3 is 1.38 bits per heavy atom. The summed E-state index contributed by atoms with van der Waals surface area (Å²) in [5, 5.41) is 6.92. The second kappa shape index (κ2) is 10.5. The molecule has 0 heterocycles. The highest BCUT2D eigenvalue weighted by atomic mass is 16.2. The normalized spacial score (nSPS) is 42.2. The largest absolute Gasteiger partial charge is 0.353 e. The maximum Gasteiger partial charge on any atom is 0.223 e. The number of amides is 2. The molecule has 0 aliphatic heterocycles. The molecule has 0 bridgehead atoms. The van der Waals surface area contributed by atoms with Gasteiger partial charge in [0.25, 0.3) is 0 Å². The second-order valence-electron chi connectivity index (χ2n) is 12.1. The van der Waals surface area contributed by atoms with Crippen molar-refractivity contribution in [2.75, 3.05) is 0 Å². The zero-order valence-corrected chi connectivity index (χ0v) is 20.2. The first kappa shape index (κ1) is 22.7. The van der Waals surface area contributed by atoms with Crippen molar-refractivity contribution in [1.82, 2.24) is 10.6 Å². The monoisotopic (exact) mass is 442 g/mol. The van der Waals surface area contributed by atoms with Gasteiger partial charge in [-0.25, -0.2) is 0 Å². The minimum Gasteiger partial charge on any atom is -0.353 e. The Balaban J connectivity index is 1.13. The van der Waals surface area contributed by atoms with Crippen molar-refractivity contribution in [1.29, 1.82) is 0 Å². The third kappa shape index (κ3) is 5.04. The lowest BCUT2D eigenvalue weighted by molar-refractivity contribution is -0.130. The highest BCUT2D eigenvalue weighted by Crippen LogP contribution is 2.45. The smallest absolute Gasteiger partial charge is 0.223 e. The van der Waals surface area contributed by atoms with E-state index in [-0.39, 0.29) is 23.9 Å². The third-order valence-electron chi connectivity index (χ3n) is 10.2. The minimum atomic E-state index is 0.245. The van der Waals surface area contributed by atoms with E-state index in [4.69, 9.17) is 0 Å². The fraction of sp³-hybridized carbons (Fsp3) is 0.929. The van der Waals surface area contributed by atoms with Gasteiger partial charge < -0.3 is 10.6 Å². The molecule has 4 nitrogen and oxygen atoms in total. The Morgan fingerprint density at radius 2 is 0.875 bits per heavy atom. The molecule has 0 spiro atoms. The van der Waals surface area contributed by atoms with Crippen LogP contribution in [0.1, 0.15) is 116 Å². The summed E-state index contributed by atoms with van der Waals surface area (Å²) in [5.41, 5.74) is 0. The first-order valence-electron chi connectivity index (χ1n) is 14.3. The van der Waals surface area contributed by atoms with E-state index in [1.165, 1.54) is 77.0 Å². The minimum absolute atomic E-state index is 0.245. The van der Waals surface area contributed by atoms with Crippen LogP contribution in [0.3, 0.4) is 0 Å². The number of hydrogen-bond donors (Lipinski definition) is 2. The summed E-state index contributed by atoms with van der Waals surface area (Å²) >= 11 is 0. The summed E-state index contributed by atoms with van der Waals surface area (Å²) in [7, 11) is 0. The molecule has 8 unspecified atom stereocenters. The topological polar surface area (TPSA) is 58.2 Å². The van der Waals surface area contributed by atoms with E-state index in [1.54, 1.807) is 0 Å². The summed E-state index contributed by atoms with van der Waals surface area (Å²) in [6, 6.07) is 0.499. The molecule has 2 amide bonds. The van der Waals surface area contributed by atoms with E-state index in [2.05, 4.69) is 10.6 Å². The maximum atomic E-state index is 13.3. The summed E-state index contributed by atoms with van der Waals surface area (Å²) in [6.07, 6.45) is 22.1. The van der Waals surface area contributed by atoms with E-state index in [9.17, 15) is 9.59 Å². The zero-order valence-electron chi connectivity index (χ0n) is 20.2. The van der Waals surface area contributed by atoms with Gasteiger partial charge in [0.2, 0.25) is 11.8 Å². The standard InChI is InChI=1S/C28H46N2O2/c31-27(25-16-5-10-19-8-1-3-14-23(19)25)29-21-12-7-13-22(18-21)30-28(32)26-17-6-11-20-9-2-4-15-24(20)26/h19-26H,1-18H2,(H,29,31)(H,30,32). The van der Waals surface area contributed by atoms with Gasteiger partial charge >= 0.3 is 0 Å². The molecule has 0 aromatic heterocycles. The summed E-state index contributed by atoms with van der Waals surface area (Å²) in [5.74, 6) is 4.00. The average molecular weight is 443 g/mol. The van der Waals surface area contributed by atoms with Gasteiger partial charge in [0.05, 0.1) is 0 Å². The fourth-order valence-corrected chi connectivity index (χ4v) is 8.60. The van der Waals surface area contributed by atoms with Crippen LogP contribution < -0.4 is 10.6 Å². The fourth-order valence-electron chi connectivity index (χ4n) is 8.60. The van der Waals surface area contributed by atoms with Crippen LogP contribution in [0, 0.1) is 35.5 Å². The molecule has 5 rings (SSSR count). The number of rotatable bonds is 4. The van der Waals surface area contributed by atoms with Crippen molar-refractivity contribution in [2.24, 2.45) is 35.5 Å². The molecule has 0 aromatic carbocycles. The summed E-state index contributed by atoms with van der Waals surface area (Å²) < 4.78 is 0. The summed E-state index contributed by atoms with van der Waals surface area (Å²) in [6.45, 7) is 0. The number of nitrogens with one attached hydrogen (secondary N) is 2. The molecule has 4 heteroatoms. The molecule has 5 aliphatic rings. The van der Waals surface area contributed by atoms with Crippen molar-refractivity contribution in [3.63, 3.8) is 0 Å². The number of carbonyl (C=O) groups excluding carboxylic acids is 2. The summed E-state index contributed by atoms with van der Waals surface area (Å²) in [4.78, 5) is 26.5. The first-order valence-corrected chi connectivity index (χ1v) is 14.3. The lowest BCUT2D eigenvalue weighted by Crippen LogP contribution is -2.51. The highest BCUT2D eigenvalue weighted by Gasteiger charge is 2.41. The predicted octanol–water partition coefficient (Wildman–Crippen LogP) is 5.74. The van der Waals surface area contributed by atoms with Crippen LogP contribution >= 0.6 is 0 Å². The Hall–Kier alpha value is -1.06. The maximum absolute atomic E-state index is 13.3. The van der Waals surface area contributed by atoms with Gasteiger partial charge in [0.1, 0.15) is 0 Å². The molecule has 5 aliphatic carbocycles. The van der Waals surface area contributed by atoms with Gasteiger partial charge in [-0.05, 0) is 75.0 Å². The molecular weight excluding hydrogens is 396 g/mol. The Bertz CT molecular complexity index is 606. The zero-order chi connectivity index (χ0) is 21.9. The van der Waals surface area contributed by atoms with Crippen LogP contribution in [-0.2, 0) is 9.59 Å². The van der Waals surface area contributed by atoms with Crippen molar-refractivity contribution in [2.45, 2.75) is 128 Å². The molecule has 32 heavy (non-hydrogen) atoms. The highest BCUT2D eigenvalue weighted by molar-refractivity contribution is 5.80. The number of carbonyl (C=O) groups is 2. The lowest BCUT2D eigenvalue weighted by Gasteiger charge is -2.42. The van der Waals surface area contributed by atoms with E-state index >= 15 is 0 Å². The van der Waals surface area contributed by atoms with Crippen molar-refractivity contribution < 1.29 is 9.59 Å². The van der Waals surface area contributed by atoms with Gasteiger partial charge in [-0.15, -0.1) is 0 Å². The average Bonchev–Trinajstić information content (AvgIpc) is 2.83. The molecule has 0 saturated heterocycles. The van der Waals surface area contributed by atoms with Crippen LogP contribution in [0.25, 0.3) is 0 Å². The number of fused-ring (bicyclic) bond motifs is 2. The Morgan fingerprint density at radius 1 is 0.469 bits per heavy atom. The molecule has 0 radical (unpaired) electrons. The second-order valence-corrected chi connectivity index (χ2v) is 12.1. The SMILES string of the molecule is O=C(NC1CCCC(NC(=O)C2CCCC3CCCCC32)C1)C1CCCC2CCCCC21. The Kier molecular flexibility index (Phi) is 7.43. The van der Waals surface area contributed by atoms with E-state index in [1.807, 2.05) is 0 Å². The van der Waals surface area contributed by atoms with Crippen LogP contribution in [0.5, 0.6) is 0 Å². The van der Waals surface area contributed by atoms with Crippen LogP contribution in [0.4, 0.5) is 0 Å². The van der Waals surface area contributed by atoms with E-state index < -0.39 is 0 Å². The van der Waals surface area contributed by atoms with Gasteiger partial charge in [0, 0.05) is 23.9 Å². The van der Waals surface area contributed by atoms with E-state index in [0.29, 0.717) is 23.7 Å². The van der Waals surface area contributed by atoms with Crippen molar-refractivity contribution in [3.05, 3.63) is 0 Å². The van der Waals surface area contributed by atoms with Gasteiger partial charge in [-0.1, -0.05) is 64.2 Å². The molecule has 2 N–H and O–H groups in total. The molecule has 8 atom stereocenters. The molecular formula is C28H46N2O2. The molecule has 180 valence electrons. The van der Waals surface area contributed by atoms with Crippen LogP contribution in [0.2, 0.25) is 0 Å². The van der Waals surface area contributed by atoms with Crippen LogP contribution in [-0.4, -0.2) is 23.9 Å². The Labute approximate surface area is 195 Å². The number of hydrogen-bond acceptors (Lipinski definition) is 2. The van der Waals surface area contributed by atoms with Gasteiger partial charge in [-0.2, -0.15) is 0 Å². The molecule has 5 saturated carbocycles. The molecule has 5 fully saturated rings. The van der Waals surface area contributed by atoms with Gasteiger partial charge in [-0.3, -0.25) is 9.59 Å². The lowest BCUT2D eigenvalue weighted by atomic mass is 9.65.